The molecule has 0 unspecified atom stereocenters. The predicted molar refractivity (Wildman–Crippen MR) is 143 cm³/mol. The highest BCUT2D eigenvalue weighted by atomic mass is 16.5. The van der Waals surface area contributed by atoms with Gasteiger partial charge < -0.3 is 20.1 Å². The van der Waals surface area contributed by atoms with Crippen LogP contribution in [0.15, 0.2) is 22.8 Å². The first-order valence-corrected chi connectivity index (χ1v) is 14.3. The minimum Gasteiger partial charge on any atom is -0.478 e. The van der Waals surface area contributed by atoms with Crippen molar-refractivity contribution in [3.05, 3.63) is 22.8 Å². The van der Waals surface area contributed by atoms with Crippen LogP contribution in [0.1, 0.15) is 99.8 Å². The molecule has 10 atom stereocenters. The summed E-state index contributed by atoms with van der Waals surface area (Å²) < 4.78 is 5.87. The molecule has 0 amide bonds. The summed E-state index contributed by atoms with van der Waals surface area (Å²) in [7, 11) is 0. The Balaban J connectivity index is 1.82. The average Bonchev–Trinajstić information content (AvgIpc) is 3.05. The third kappa shape index (κ3) is 4.40. The molecule has 4 rings (SSSR count). The first kappa shape index (κ1) is 28.4. The van der Waals surface area contributed by atoms with Gasteiger partial charge in [-0.2, -0.15) is 0 Å². The van der Waals surface area contributed by atoms with Crippen molar-refractivity contribution in [1.29, 1.82) is 0 Å². The van der Waals surface area contributed by atoms with E-state index in [-0.39, 0.29) is 40.1 Å². The predicted octanol–water partition coefficient (Wildman–Crippen LogP) is 5.67. The van der Waals surface area contributed by atoms with E-state index >= 15 is 0 Å². The summed E-state index contributed by atoms with van der Waals surface area (Å²) in [6.45, 7) is 14.5. The van der Waals surface area contributed by atoms with Gasteiger partial charge in [0.05, 0.1) is 12.2 Å². The van der Waals surface area contributed by atoms with Crippen LogP contribution < -0.4 is 0 Å². The zero-order valence-electron chi connectivity index (χ0n) is 23.8. The van der Waals surface area contributed by atoms with Gasteiger partial charge in [-0.05, 0) is 111 Å². The third-order valence-corrected chi connectivity index (χ3v) is 11.6. The number of carbonyl (C=O) groups is 2. The van der Waals surface area contributed by atoms with Crippen LogP contribution in [0, 0.1) is 39.9 Å². The van der Waals surface area contributed by atoms with Crippen LogP contribution in [-0.4, -0.2) is 45.6 Å². The van der Waals surface area contributed by atoms with Crippen LogP contribution in [0.5, 0.6) is 0 Å². The molecule has 3 N–H and O–H groups in total. The van der Waals surface area contributed by atoms with E-state index in [0.717, 1.165) is 36.8 Å². The highest BCUT2D eigenvalue weighted by Gasteiger charge is 2.70. The first-order valence-electron chi connectivity index (χ1n) is 14.3. The van der Waals surface area contributed by atoms with Crippen LogP contribution in [0.4, 0.5) is 0 Å². The summed E-state index contributed by atoms with van der Waals surface area (Å²) in [6, 6.07) is 0. The van der Waals surface area contributed by atoms with Crippen LogP contribution in [0.2, 0.25) is 0 Å². The Morgan fingerprint density at radius 1 is 1.03 bits per heavy atom. The zero-order valence-corrected chi connectivity index (χ0v) is 23.8. The van der Waals surface area contributed by atoms with E-state index in [0.29, 0.717) is 37.2 Å². The summed E-state index contributed by atoms with van der Waals surface area (Å²) in [5, 5.41) is 32.9. The number of rotatable bonds is 5. The average molecular weight is 517 g/mol. The summed E-state index contributed by atoms with van der Waals surface area (Å²) >= 11 is 0. The Morgan fingerprint density at radius 2 is 1.70 bits per heavy atom. The van der Waals surface area contributed by atoms with Gasteiger partial charge in [-0.25, -0.2) is 4.79 Å². The quantitative estimate of drug-likeness (QED) is 0.247. The lowest BCUT2D eigenvalue weighted by molar-refractivity contribution is -0.234. The molecule has 208 valence electrons. The van der Waals surface area contributed by atoms with E-state index in [9.17, 15) is 24.9 Å². The van der Waals surface area contributed by atoms with Crippen LogP contribution in [0.25, 0.3) is 0 Å². The third-order valence-electron chi connectivity index (χ3n) is 11.6. The van der Waals surface area contributed by atoms with E-state index in [1.807, 2.05) is 19.9 Å². The van der Waals surface area contributed by atoms with Crippen LogP contribution in [0.3, 0.4) is 0 Å². The minimum atomic E-state index is -0.953. The number of aliphatic hydroxyl groups excluding tert-OH is 2. The van der Waals surface area contributed by atoms with Gasteiger partial charge >= 0.3 is 11.9 Å². The number of fused-ring (bicyclic) bond motifs is 5. The lowest BCUT2D eigenvalue weighted by atomic mass is 9.36. The molecular weight excluding hydrogens is 468 g/mol. The fourth-order valence-electron chi connectivity index (χ4n) is 9.79. The minimum absolute atomic E-state index is 0.0474. The number of aliphatic carboxylic acids is 1. The number of carboxylic acid groups (broad SMARTS) is 1. The molecule has 0 heterocycles. The van der Waals surface area contributed by atoms with E-state index < -0.39 is 24.1 Å². The number of esters is 1. The van der Waals surface area contributed by atoms with E-state index in [1.54, 1.807) is 0 Å². The van der Waals surface area contributed by atoms with Crippen molar-refractivity contribution in [1.82, 2.24) is 0 Å². The lowest BCUT2D eigenvalue weighted by Gasteiger charge is -2.69. The normalized spacial score (nSPS) is 46.2. The van der Waals surface area contributed by atoms with E-state index in [4.69, 9.17) is 4.74 Å². The molecular formula is C31H48O6. The second-order valence-corrected chi connectivity index (χ2v) is 13.6. The molecule has 4 fully saturated rings. The first-order chi connectivity index (χ1) is 17.2. The van der Waals surface area contributed by atoms with Gasteiger partial charge in [-0.1, -0.05) is 39.3 Å². The Labute approximate surface area is 222 Å². The standard InChI is InChI=1S/C31H48O6/c1-17(2)9-8-10-20(28(35)36)26-22-15-24(34)27-29(5)13-12-23(33)18(3)21(29)11-14-30(27,6)31(22,7)16-25(26)37-19(4)32/h9,18,21-25,27,33-34H,8,10-16H2,1-7H3,(H,35,36)/b26-20+/t18-,21-,22-,23+,24-,25-,27-,29-,30-,31-/m0/s1. The molecule has 0 aromatic heterocycles. The van der Waals surface area contributed by atoms with Gasteiger partial charge in [0.15, 0.2) is 0 Å². The SMILES string of the molecule is CC(=O)O[C@H]1C[C@@]2(C)[C@@H](C[C@H](O)[C@H]3[C@@]4(C)CC[C@@H](O)[C@@H](C)[C@@H]4CC[C@@]32C)/C1=C(/CCC=C(C)C)C(=O)O. The number of carboxylic acids is 1. The van der Waals surface area contributed by atoms with Gasteiger partial charge in [0.2, 0.25) is 0 Å². The molecule has 0 radical (unpaired) electrons. The molecule has 4 aliphatic carbocycles. The highest BCUT2D eigenvalue weighted by molar-refractivity contribution is 5.88. The van der Waals surface area contributed by atoms with Gasteiger partial charge in [0.1, 0.15) is 6.10 Å². The maximum absolute atomic E-state index is 12.6. The number of aliphatic hydroxyl groups is 2. The van der Waals surface area contributed by atoms with Gasteiger partial charge in [0.25, 0.3) is 0 Å². The van der Waals surface area contributed by atoms with Crippen LogP contribution >= 0.6 is 0 Å². The smallest absolute Gasteiger partial charge is 0.331 e. The number of hydrogen-bond acceptors (Lipinski definition) is 5. The van der Waals surface area contributed by atoms with Crippen molar-refractivity contribution in [2.75, 3.05) is 0 Å². The maximum atomic E-state index is 12.6. The molecule has 0 bridgehead atoms. The molecule has 0 aliphatic heterocycles. The number of carbonyl (C=O) groups excluding carboxylic acids is 1. The molecule has 6 nitrogen and oxygen atoms in total. The summed E-state index contributed by atoms with van der Waals surface area (Å²) in [5.41, 5.74) is 1.57. The fourth-order valence-corrected chi connectivity index (χ4v) is 9.79. The van der Waals surface area contributed by atoms with Crippen LogP contribution in [-0.2, 0) is 14.3 Å². The Morgan fingerprint density at radius 3 is 2.30 bits per heavy atom. The summed E-state index contributed by atoms with van der Waals surface area (Å²) in [4.78, 5) is 24.8. The van der Waals surface area contributed by atoms with Gasteiger partial charge in [0, 0.05) is 12.5 Å². The van der Waals surface area contributed by atoms with E-state index in [1.165, 1.54) is 6.92 Å². The van der Waals surface area contributed by atoms with Crippen molar-refractivity contribution in [2.24, 2.45) is 39.9 Å². The monoisotopic (exact) mass is 516 g/mol. The number of ether oxygens (including phenoxy) is 1. The van der Waals surface area contributed by atoms with Crippen molar-refractivity contribution in [3.8, 4) is 0 Å². The lowest BCUT2D eigenvalue weighted by Crippen LogP contribution is -2.65. The molecule has 4 aliphatic rings. The van der Waals surface area contributed by atoms with Crippen molar-refractivity contribution in [3.63, 3.8) is 0 Å². The van der Waals surface area contributed by atoms with Gasteiger partial charge in [-0.3, -0.25) is 4.79 Å². The summed E-state index contributed by atoms with van der Waals surface area (Å²) in [6.07, 6.45) is 6.22. The molecule has 0 aromatic rings. The Kier molecular flexibility index (Phi) is 7.53. The second-order valence-electron chi connectivity index (χ2n) is 13.6. The Bertz CT molecular complexity index is 994. The Hall–Kier alpha value is -1.66. The van der Waals surface area contributed by atoms with Crippen molar-refractivity contribution in [2.45, 2.75) is 118 Å². The number of allylic oxidation sites excluding steroid dienone is 2. The molecule has 0 aromatic carbocycles. The largest absolute Gasteiger partial charge is 0.478 e. The molecule has 4 saturated carbocycles. The maximum Gasteiger partial charge on any atom is 0.331 e. The number of hydrogen-bond donors (Lipinski definition) is 3. The molecule has 0 spiro atoms. The molecule has 0 saturated heterocycles. The topological polar surface area (TPSA) is 104 Å². The fraction of sp³-hybridized carbons (Fsp3) is 0.806. The second kappa shape index (κ2) is 9.82. The van der Waals surface area contributed by atoms with E-state index in [2.05, 4.69) is 27.7 Å². The van der Waals surface area contributed by atoms with Gasteiger partial charge in [-0.15, -0.1) is 0 Å². The molecule has 37 heavy (non-hydrogen) atoms. The molecule has 6 heteroatoms. The van der Waals surface area contributed by atoms with Crippen molar-refractivity contribution >= 4 is 11.9 Å². The van der Waals surface area contributed by atoms with Crippen molar-refractivity contribution < 1.29 is 29.6 Å². The zero-order chi connectivity index (χ0) is 27.5. The highest BCUT2D eigenvalue weighted by Crippen LogP contribution is 2.74. The summed E-state index contributed by atoms with van der Waals surface area (Å²) in [5.74, 6) is -0.909.